The average molecular weight is 249 g/mol. The van der Waals surface area contributed by atoms with Gasteiger partial charge < -0.3 is 4.57 Å². The summed E-state index contributed by atoms with van der Waals surface area (Å²) in [7, 11) is 0. The number of nitrogens with zero attached hydrogens (tertiary/aromatic N) is 2. The van der Waals surface area contributed by atoms with Crippen LogP contribution in [0.2, 0.25) is 0 Å². The summed E-state index contributed by atoms with van der Waals surface area (Å²) in [5.74, 6) is 1.03. The third-order valence-electron chi connectivity index (χ3n) is 3.67. The highest BCUT2D eigenvalue weighted by molar-refractivity contribution is 6.20. The predicted octanol–water partition coefficient (Wildman–Crippen LogP) is 4.45. The lowest BCUT2D eigenvalue weighted by Crippen LogP contribution is -2.09. The van der Waals surface area contributed by atoms with Crippen molar-refractivity contribution in [3.05, 3.63) is 30.1 Å². The Labute approximate surface area is 107 Å². The fourth-order valence-corrected chi connectivity index (χ4v) is 3.04. The summed E-state index contributed by atoms with van der Waals surface area (Å²) in [4.78, 5) is 4.69. The second-order valence-electron chi connectivity index (χ2n) is 4.88. The first-order valence-corrected chi connectivity index (χ1v) is 6.82. The van der Waals surface area contributed by atoms with Gasteiger partial charge in [0, 0.05) is 6.04 Å². The van der Waals surface area contributed by atoms with Crippen LogP contribution in [0.3, 0.4) is 0 Å². The van der Waals surface area contributed by atoms with E-state index in [1.165, 1.54) is 31.2 Å². The van der Waals surface area contributed by atoms with E-state index in [1.54, 1.807) is 0 Å². The zero-order valence-corrected chi connectivity index (χ0v) is 10.8. The van der Waals surface area contributed by atoms with Crippen LogP contribution in [0.4, 0.5) is 0 Å². The van der Waals surface area contributed by atoms with Crippen LogP contribution >= 0.6 is 11.6 Å². The standard InChI is InChI=1S/C14H17ClN2/c1-10(15)14-16-12-8-4-5-9-13(12)17(14)11-6-2-3-7-11/h4-5,8-11H,2-3,6-7H2,1H3. The van der Waals surface area contributed by atoms with Gasteiger partial charge in [-0.25, -0.2) is 4.98 Å². The lowest BCUT2D eigenvalue weighted by molar-refractivity contribution is 0.510. The number of hydrogen-bond donors (Lipinski definition) is 0. The first-order valence-electron chi connectivity index (χ1n) is 6.38. The van der Waals surface area contributed by atoms with Crippen molar-refractivity contribution in [2.24, 2.45) is 0 Å². The van der Waals surface area contributed by atoms with E-state index in [9.17, 15) is 0 Å². The van der Waals surface area contributed by atoms with E-state index >= 15 is 0 Å². The van der Waals surface area contributed by atoms with Gasteiger partial charge in [0.25, 0.3) is 0 Å². The van der Waals surface area contributed by atoms with Crippen LogP contribution in [0.5, 0.6) is 0 Å². The minimum Gasteiger partial charge on any atom is -0.324 e. The molecule has 0 bridgehead atoms. The summed E-state index contributed by atoms with van der Waals surface area (Å²) in [5.41, 5.74) is 2.31. The third kappa shape index (κ3) is 1.85. The molecule has 0 radical (unpaired) electrons. The first kappa shape index (κ1) is 11.1. The maximum absolute atomic E-state index is 6.27. The van der Waals surface area contributed by atoms with Gasteiger partial charge in [-0.1, -0.05) is 25.0 Å². The molecule has 0 saturated heterocycles. The summed E-state index contributed by atoms with van der Waals surface area (Å²) < 4.78 is 2.38. The van der Waals surface area contributed by atoms with Crippen LogP contribution < -0.4 is 0 Å². The van der Waals surface area contributed by atoms with Crippen LogP contribution in [0, 0.1) is 0 Å². The fraction of sp³-hybridized carbons (Fsp3) is 0.500. The summed E-state index contributed by atoms with van der Waals surface area (Å²) in [6.45, 7) is 2.01. The molecule has 1 aliphatic carbocycles. The van der Waals surface area contributed by atoms with Crippen molar-refractivity contribution in [3.63, 3.8) is 0 Å². The highest BCUT2D eigenvalue weighted by Gasteiger charge is 2.23. The Morgan fingerprint density at radius 2 is 2.00 bits per heavy atom. The molecule has 3 rings (SSSR count). The van der Waals surface area contributed by atoms with E-state index in [1.807, 2.05) is 13.0 Å². The SMILES string of the molecule is CC(Cl)c1nc2ccccc2n1C1CCCC1. The lowest BCUT2D eigenvalue weighted by Gasteiger charge is -2.17. The van der Waals surface area contributed by atoms with Crippen molar-refractivity contribution in [1.82, 2.24) is 9.55 Å². The molecule has 0 amide bonds. The molecule has 1 unspecified atom stereocenters. The molecule has 1 aliphatic rings. The first-order chi connectivity index (χ1) is 8.27. The molecular formula is C14H17ClN2. The highest BCUT2D eigenvalue weighted by Crippen LogP contribution is 2.36. The van der Waals surface area contributed by atoms with Gasteiger partial charge in [0.05, 0.1) is 16.4 Å². The summed E-state index contributed by atoms with van der Waals surface area (Å²) >= 11 is 6.27. The second-order valence-corrected chi connectivity index (χ2v) is 5.54. The maximum atomic E-state index is 6.27. The predicted molar refractivity (Wildman–Crippen MR) is 71.5 cm³/mol. The molecule has 1 aromatic heterocycles. The number of halogens is 1. The number of para-hydroxylation sites is 2. The van der Waals surface area contributed by atoms with Crippen molar-refractivity contribution in [2.45, 2.75) is 44.0 Å². The van der Waals surface area contributed by atoms with E-state index in [2.05, 4.69) is 27.8 Å². The third-order valence-corrected chi connectivity index (χ3v) is 3.86. The van der Waals surface area contributed by atoms with Crippen molar-refractivity contribution in [3.8, 4) is 0 Å². The highest BCUT2D eigenvalue weighted by atomic mass is 35.5. The molecule has 3 heteroatoms. The maximum Gasteiger partial charge on any atom is 0.127 e. The molecule has 1 saturated carbocycles. The minimum absolute atomic E-state index is 0.0250. The van der Waals surface area contributed by atoms with Crippen LogP contribution in [0.1, 0.15) is 49.9 Å². The van der Waals surface area contributed by atoms with Gasteiger partial charge in [0.15, 0.2) is 0 Å². The van der Waals surface area contributed by atoms with E-state index in [4.69, 9.17) is 11.6 Å². The Morgan fingerprint density at radius 1 is 1.29 bits per heavy atom. The van der Waals surface area contributed by atoms with E-state index < -0.39 is 0 Å². The van der Waals surface area contributed by atoms with Gasteiger partial charge in [-0.15, -0.1) is 11.6 Å². The van der Waals surface area contributed by atoms with Crippen LogP contribution in [0.25, 0.3) is 11.0 Å². The molecule has 0 spiro atoms. The summed E-state index contributed by atoms with van der Waals surface area (Å²) in [6.07, 6.45) is 5.18. The number of aromatic nitrogens is 2. The van der Waals surface area contributed by atoms with Crippen molar-refractivity contribution in [1.29, 1.82) is 0 Å². The monoisotopic (exact) mass is 248 g/mol. The zero-order chi connectivity index (χ0) is 11.8. The Bertz CT molecular complexity index is 524. The molecule has 2 nitrogen and oxygen atoms in total. The van der Waals surface area contributed by atoms with Gasteiger partial charge in [-0.2, -0.15) is 0 Å². The number of alkyl halides is 1. The van der Waals surface area contributed by atoms with E-state index in [0.717, 1.165) is 11.3 Å². The number of fused-ring (bicyclic) bond motifs is 1. The Balaban J connectivity index is 2.20. The van der Waals surface area contributed by atoms with Gasteiger partial charge in [0.2, 0.25) is 0 Å². The Kier molecular flexibility index (Phi) is 2.83. The van der Waals surface area contributed by atoms with Crippen molar-refractivity contribution >= 4 is 22.6 Å². The van der Waals surface area contributed by atoms with Gasteiger partial charge in [-0.05, 0) is 31.9 Å². The van der Waals surface area contributed by atoms with Crippen molar-refractivity contribution in [2.75, 3.05) is 0 Å². The Morgan fingerprint density at radius 3 is 2.71 bits per heavy atom. The number of hydrogen-bond acceptors (Lipinski definition) is 1. The lowest BCUT2D eigenvalue weighted by atomic mass is 10.2. The van der Waals surface area contributed by atoms with Gasteiger partial charge in [-0.3, -0.25) is 0 Å². The smallest absolute Gasteiger partial charge is 0.127 e. The molecular weight excluding hydrogens is 232 g/mol. The molecule has 90 valence electrons. The number of rotatable bonds is 2. The molecule has 0 N–H and O–H groups in total. The minimum atomic E-state index is -0.0250. The zero-order valence-electron chi connectivity index (χ0n) is 10.1. The molecule has 1 heterocycles. The summed E-state index contributed by atoms with van der Waals surface area (Å²) in [5, 5.41) is -0.0250. The number of imidazole rings is 1. The van der Waals surface area contributed by atoms with Crippen LogP contribution in [0.15, 0.2) is 24.3 Å². The normalized spacial score (nSPS) is 18.9. The number of benzene rings is 1. The largest absolute Gasteiger partial charge is 0.324 e. The van der Waals surface area contributed by atoms with Gasteiger partial charge >= 0.3 is 0 Å². The average Bonchev–Trinajstić information content (AvgIpc) is 2.94. The topological polar surface area (TPSA) is 17.8 Å². The van der Waals surface area contributed by atoms with Gasteiger partial charge in [0.1, 0.15) is 5.82 Å². The molecule has 1 fully saturated rings. The van der Waals surface area contributed by atoms with Crippen molar-refractivity contribution < 1.29 is 0 Å². The molecule has 1 aromatic carbocycles. The van der Waals surface area contributed by atoms with Crippen LogP contribution in [-0.4, -0.2) is 9.55 Å². The fourth-order valence-electron chi connectivity index (χ4n) is 2.89. The quantitative estimate of drug-likeness (QED) is 0.718. The second kappa shape index (κ2) is 4.34. The van der Waals surface area contributed by atoms with Crippen LogP contribution in [-0.2, 0) is 0 Å². The van der Waals surface area contributed by atoms with E-state index in [0.29, 0.717) is 6.04 Å². The van der Waals surface area contributed by atoms with E-state index in [-0.39, 0.29) is 5.38 Å². The summed E-state index contributed by atoms with van der Waals surface area (Å²) in [6, 6.07) is 8.95. The molecule has 0 aliphatic heterocycles. The molecule has 1 atom stereocenters. The molecule has 17 heavy (non-hydrogen) atoms. The molecule has 2 aromatic rings. The Hall–Kier alpha value is -1.02.